The van der Waals surface area contributed by atoms with Gasteiger partial charge in [-0.15, -0.1) is 0 Å². The average Bonchev–Trinajstić information content (AvgIpc) is 3.00. The number of carbonyl (C=O) groups is 1. The van der Waals surface area contributed by atoms with Gasteiger partial charge in [-0.1, -0.05) is 0 Å². The van der Waals surface area contributed by atoms with Crippen molar-refractivity contribution in [3.63, 3.8) is 0 Å². The number of aromatic nitrogens is 2. The number of nitrogen functional groups attached to an aromatic ring is 1. The molecule has 0 radical (unpaired) electrons. The van der Waals surface area contributed by atoms with Gasteiger partial charge in [0.05, 0.1) is 11.0 Å². The number of benzene rings is 1. The molecular weight excluding hydrogens is 240 g/mol. The largest absolute Gasteiger partial charge is 0.369 e. The van der Waals surface area contributed by atoms with E-state index in [0.717, 1.165) is 30.4 Å². The number of imidazole rings is 1. The maximum Gasteiger partial charge on any atom is 0.251 e. The van der Waals surface area contributed by atoms with Crippen LogP contribution in [0, 0.1) is 0 Å². The lowest BCUT2D eigenvalue weighted by Gasteiger charge is -2.11. The van der Waals surface area contributed by atoms with E-state index in [-0.39, 0.29) is 11.4 Å². The Hall–Kier alpha value is -2.04. The summed E-state index contributed by atoms with van der Waals surface area (Å²) in [5, 5.41) is 3.04. The molecule has 3 rings (SSSR count). The fraction of sp³-hybridized carbons (Fsp3) is 0.429. The second kappa shape index (κ2) is 3.98. The lowest BCUT2D eigenvalue weighted by atomic mass is 10.1. The molecule has 1 saturated carbocycles. The van der Waals surface area contributed by atoms with E-state index in [1.165, 1.54) is 0 Å². The van der Waals surface area contributed by atoms with Gasteiger partial charge in [0.15, 0.2) is 0 Å². The third-order valence-corrected chi connectivity index (χ3v) is 3.77. The number of fused-ring (bicyclic) bond motifs is 1. The molecule has 1 aliphatic carbocycles. The van der Waals surface area contributed by atoms with E-state index in [1.807, 2.05) is 23.6 Å². The van der Waals surface area contributed by atoms with Crippen molar-refractivity contribution in [3.05, 3.63) is 23.8 Å². The lowest BCUT2D eigenvalue weighted by Crippen LogP contribution is -2.34. The van der Waals surface area contributed by atoms with Crippen molar-refractivity contribution in [1.82, 2.24) is 14.9 Å². The van der Waals surface area contributed by atoms with E-state index >= 15 is 0 Å². The molecule has 5 heteroatoms. The van der Waals surface area contributed by atoms with Crippen molar-refractivity contribution in [1.29, 1.82) is 0 Å². The Morgan fingerprint density at radius 2 is 2.26 bits per heavy atom. The maximum absolute atomic E-state index is 12.1. The molecule has 0 saturated heterocycles. The first-order valence-corrected chi connectivity index (χ1v) is 6.61. The molecule has 1 fully saturated rings. The topological polar surface area (TPSA) is 72.9 Å². The summed E-state index contributed by atoms with van der Waals surface area (Å²) < 4.78 is 1.93. The Morgan fingerprint density at radius 3 is 2.89 bits per heavy atom. The van der Waals surface area contributed by atoms with Crippen molar-refractivity contribution >= 4 is 22.9 Å². The predicted molar refractivity (Wildman–Crippen MR) is 74.9 cm³/mol. The van der Waals surface area contributed by atoms with Crippen LogP contribution in [0.15, 0.2) is 18.2 Å². The van der Waals surface area contributed by atoms with Crippen LogP contribution in [0.1, 0.15) is 37.0 Å². The summed E-state index contributed by atoms with van der Waals surface area (Å²) in [6.45, 7) is 4.85. The van der Waals surface area contributed by atoms with E-state index in [1.54, 1.807) is 6.07 Å². The monoisotopic (exact) mass is 258 g/mol. The second-order valence-corrected chi connectivity index (χ2v) is 5.43. The minimum atomic E-state index is -0.0356. The molecule has 1 aromatic carbocycles. The number of nitrogens with zero attached hydrogens (tertiary/aromatic N) is 2. The van der Waals surface area contributed by atoms with E-state index in [0.29, 0.717) is 11.5 Å². The van der Waals surface area contributed by atoms with Gasteiger partial charge < -0.3 is 15.6 Å². The van der Waals surface area contributed by atoms with Crippen molar-refractivity contribution in [3.8, 4) is 0 Å². The molecule has 2 aromatic rings. The van der Waals surface area contributed by atoms with E-state index < -0.39 is 0 Å². The summed E-state index contributed by atoms with van der Waals surface area (Å²) in [4.78, 5) is 16.4. The first kappa shape index (κ1) is 12.0. The highest BCUT2D eigenvalue weighted by atomic mass is 16.1. The van der Waals surface area contributed by atoms with Crippen LogP contribution in [0.3, 0.4) is 0 Å². The minimum Gasteiger partial charge on any atom is -0.369 e. The van der Waals surface area contributed by atoms with Gasteiger partial charge in [-0.2, -0.15) is 0 Å². The van der Waals surface area contributed by atoms with Crippen LogP contribution in [0.4, 0.5) is 5.95 Å². The molecule has 100 valence electrons. The third-order valence-electron chi connectivity index (χ3n) is 3.77. The van der Waals surface area contributed by atoms with Gasteiger partial charge in [0.2, 0.25) is 5.95 Å². The molecule has 3 N–H and O–H groups in total. The van der Waals surface area contributed by atoms with Crippen LogP contribution >= 0.6 is 0 Å². The molecule has 0 spiro atoms. The van der Waals surface area contributed by atoms with Crippen LogP contribution in [0.25, 0.3) is 11.0 Å². The second-order valence-electron chi connectivity index (χ2n) is 5.43. The zero-order valence-corrected chi connectivity index (χ0v) is 11.2. The molecule has 5 nitrogen and oxygen atoms in total. The SMILES string of the molecule is CCn1c(N)nc2cc(C(=O)NC3(C)CC3)ccc21. The molecule has 0 aliphatic heterocycles. The molecule has 1 aromatic heterocycles. The zero-order chi connectivity index (χ0) is 13.6. The number of rotatable bonds is 3. The number of aryl methyl sites for hydroxylation is 1. The number of anilines is 1. The Labute approximate surface area is 111 Å². The van der Waals surface area contributed by atoms with Gasteiger partial charge in [-0.25, -0.2) is 4.98 Å². The molecule has 0 bridgehead atoms. The molecule has 19 heavy (non-hydrogen) atoms. The first-order chi connectivity index (χ1) is 9.02. The Balaban J connectivity index is 1.95. The molecule has 0 unspecified atom stereocenters. The summed E-state index contributed by atoms with van der Waals surface area (Å²) >= 11 is 0. The van der Waals surface area contributed by atoms with Crippen molar-refractivity contribution in [2.45, 2.75) is 38.8 Å². The summed E-state index contributed by atoms with van der Waals surface area (Å²) in [6, 6.07) is 5.54. The van der Waals surface area contributed by atoms with Crippen molar-refractivity contribution < 1.29 is 4.79 Å². The highest BCUT2D eigenvalue weighted by Gasteiger charge is 2.38. The normalized spacial score (nSPS) is 16.5. The molecular formula is C14H18N4O. The highest BCUT2D eigenvalue weighted by Crippen LogP contribution is 2.34. The summed E-state index contributed by atoms with van der Waals surface area (Å²) in [7, 11) is 0. The summed E-state index contributed by atoms with van der Waals surface area (Å²) in [5.74, 6) is 0.454. The van der Waals surface area contributed by atoms with Crippen molar-refractivity contribution in [2.75, 3.05) is 5.73 Å². The number of hydrogen-bond acceptors (Lipinski definition) is 3. The zero-order valence-electron chi connectivity index (χ0n) is 11.2. The van der Waals surface area contributed by atoms with Gasteiger partial charge in [-0.3, -0.25) is 4.79 Å². The quantitative estimate of drug-likeness (QED) is 0.883. The van der Waals surface area contributed by atoms with Crippen LogP contribution in [0.5, 0.6) is 0 Å². The van der Waals surface area contributed by atoms with Gasteiger partial charge >= 0.3 is 0 Å². The van der Waals surface area contributed by atoms with Gasteiger partial charge in [0.1, 0.15) is 0 Å². The predicted octanol–water partition coefficient (Wildman–Crippen LogP) is 1.92. The highest BCUT2D eigenvalue weighted by molar-refractivity contribution is 5.98. The van der Waals surface area contributed by atoms with E-state index in [4.69, 9.17) is 5.73 Å². The Bertz CT molecular complexity index is 655. The smallest absolute Gasteiger partial charge is 0.251 e. The summed E-state index contributed by atoms with van der Waals surface area (Å²) in [6.07, 6.45) is 2.11. The van der Waals surface area contributed by atoms with E-state index in [9.17, 15) is 4.79 Å². The average molecular weight is 258 g/mol. The Morgan fingerprint density at radius 1 is 1.53 bits per heavy atom. The lowest BCUT2D eigenvalue weighted by molar-refractivity contribution is 0.0935. The van der Waals surface area contributed by atoms with Crippen molar-refractivity contribution in [2.24, 2.45) is 0 Å². The number of nitrogens with one attached hydrogen (secondary N) is 1. The third kappa shape index (κ3) is 2.05. The van der Waals surface area contributed by atoms with Crippen LogP contribution in [-0.4, -0.2) is 21.0 Å². The van der Waals surface area contributed by atoms with Gasteiger partial charge in [0.25, 0.3) is 5.91 Å². The minimum absolute atomic E-state index is 0.00610. The fourth-order valence-corrected chi connectivity index (χ4v) is 2.28. The molecule has 1 heterocycles. The molecule has 1 amide bonds. The number of hydrogen-bond donors (Lipinski definition) is 2. The van der Waals surface area contributed by atoms with Gasteiger partial charge in [0, 0.05) is 17.6 Å². The number of carbonyl (C=O) groups excluding carboxylic acids is 1. The van der Waals surface area contributed by atoms with Crippen LogP contribution in [-0.2, 0) is 6.54 Å². The number of nitrogens with two attached hydrogens (primary N) is 1. The standard InChI is InChI=1S/C14H18N4O/c1-3-18-11-5-4-9(8-10(11)16-13(18)15)12(19)17-14(2)6-7-14/h4-5,8H,3,6-7H2,1-2H3,(H2,15,16)(H,17,19). The van der Waals surface area contributed by atoms with E-state index in [2.05, 4.69) is 17.2 Å². The Kier molecular flexibility index (Phi) is 2.52. The van der Waals surface area contributed by atoms with Crippen LogP contribution in [0.2, 0.25) is 0 Å². The van der Waals surface area contributed by atoms with Gasteiger partial charge in [-0.05, 0) is 44.9 Å². The molecule has 0 atom stereocenters. The fourth-order valence-electron chi connectivity index (χ4n) is 2.28. The first-order valence-electron chi connectivity index (χ1n) is 6.61. The number of amides is 1. The summed E-state index contributed by atoms with van der Waals surface area (Å²) in [5.41, 5.74) is 8.23. The molecule has 1 aliphatic rings. The van der Waals surface area contributed by atoms with Crippen LogP contribution < -0.4 is 11.1 Å². The maximum atomic E-state index is 12.1.